The van der Waals surface area contributed by atoms with Crippen molar-refractivity contribution in [1.29, 1.82) is 0 Å². The Bertz CT molecular complexity index is 1350. The van der Waals surface area contributed by atoms with Crippen LogP contribution in [0.1, 0.15) is 15.9 Å². The second kappa shape index (κ2) is 10.6. The molecule has 0 spiro atoms. The number of thioether (sulfide) groups is 1. The molecule has 3 aromatic carbocycles. The van der Waals surface area contributed by atoms with Crippen molar-refractivity contribution >= 4 is 41.0 Å². The van der Waals surface area contributed by atoms with Gasteiger partial charge in [0.1, 0.15) is 11.5 Å². The zero-order chi connectivity index (χ0) is 25.9. The fourth-order valence-electron chi connectivity index (χ4n) is 4.55. The van der Waals surface area contributed by atoms with E-state index in [1.165, 1.54) is 11.8 Å². The lowest BCUT2D eigenvalue weighted by Gasteiger charge is -2.36. The van der Waals surface area contributed by atoms with Gasteiger partial charge in [-0.2, -0.15) is 0 Å². The minimum Gasteiger partial charge on any atom is -0.497 e. The summed E-state index contributed by atoms with van der Waals surface area (Å²) in [7, 11) is 5.03. The maximum absolute atomic E-state index is 13.3. The molecule has 0 radical (unpaired) electrons. The summed E-state index contributed by atoms with van der Waals surface area (Å²) in [6.07, 6.45) is 1.87. The Morgan fingerprint density at radius 2 is 1.62 bits per heavy atom. The molecule has 2 aliphatic heterocycles. The molecule has 0 aliphatic carbocycles. The van der Waals surface area contributed by atoms with Gasteiger partial charge in [-0.15, -0.1) is 0 Å². The molecule has 2 aliphatic rings. The standard InChI is InChI=1S/C29H29N3O4S/c1-30-25-19-21(28(33)32-15-13-31(14-16-32)22-8-10-23(35-2)11-9-22)7-12-26(25)37-27(29(30)34)18-20-5-4-6-24(17-20)36-3/h4-12,17-19H,13-16H2,1-3H3/b27-18-. The predicted molar refractivity (Wildman–Crippen MR) is 148 cm³/mol. The largest absolute Gasteiger partial charge is 0.497 e. The number of carbonyl (C=O) groups excluding carboxylic acids is 2. The molecule has 5 rings (SSSR count). The molecule has 1 saturated heterocycles. The molecular weight excluding hydrogens is 486 g/mol. The number of benzene rings is 3. The molecule has 1 fully saturated rings. The molecule has 0 aromatic heterocycles. The molecule has 7 nitrogen and oxygen atoms in total. The van der Waals surface area contributed by atoms with E-state index in [4.69, 9.17) is 9.47 Å². The second-order valence-electron chi connectivity index (χ2n) is 8.91. The summed E-state index contributed by atoms with van der Waals surface area (Å²) in [5.41, 5.74) is 3.36. The van der Waals surface area contributed by atoms with Crippen molar-refractivity contribution in [3.05, 3.63) is 82.8 Å². The highest BCUT2D eigenvalue weighted by Crippen LogP contribution is 2.42. The molecular formula is C29H29N3O4S. The van der Waals surface area contributed by atoms with E-state index in [9.17, 15) is 9.59 Å². The van der Waals surface area contributed by atoms with Crippen LogP contribution in [0.25, 0.3) is 6.08 Å². The molecule has 37 heavy (non-hydrogen) atoms. The van der Waals surface area contributed by atoms with Gasteiger partial charge in [0.05, 0.1) is 24.8 Å². The van der Waals surface area contributed by atoms with Crippen molar-refractivity contribution < 1.29 is 19.1 Å². The minimum absolute atomic E-state index is 0.0132. The van der Waals surface area contributed by atoms with Crippen LogP contribution in [0, 0.1) is 0 Å². The zero-order valence-electron chi connectivity index (χ0n) is 21.1. The monoisotopic (exact) mass is 515 g/mol. The molecule has 0 bridgehead atoms. The van der Waals surface area contributed by atoms with Crippen LogP contribution in [0.2, 0.25) is 0 Å². The lowest BCUT2D eigenvalue weighted by Crippen LogP contribution is -2.48. The summed E-state index contributed by atoms with van der Waals surface area (Å²) in [6.45, 7) is 2.79. The van der Waals surface area contributed by atoms with E-state index in [1.54, 1.807) is 26.2 Å². The van der Waals surface area contributed by atoms with E-state index in [0.29, 0.717) is 23.6 Å². The SMILES string of the molecule is COc1ccc(N2CCN(C(=O)c3ccc4c(c3)N(C)C(=O)/C(=C/c3cccc(OC)c3)S4)CC2)cc1. The van der Waals surface area contributed by atoms with Crippen LogP contribution < -0.4 is 19.3 Å². The van der Waals surface area contributed by atoms with Crippen molar-refractivity contribution in [3.8, 4) is 11.5 Å². The van der Waals surface area contributed by atoms with Crippen molar-refractivity contribution in [2.24, 2.45) is 0 Å². The van der Waals surface area contributed by atoms with Gasteiger partial charge in [0.15, 0.2) is 0 Å². The Balaban J connectivity index is 1.29. The van der Waals surface area contributed by atoms with Gasteiger partial charge in [-0.1, -0.05) is 23.9 Å². The molecule has 2 heterocycles. The number of nitrogens with zero attached hydrogens (tertiary/aromatic N) is 3. The van der Waals surface area contributed by atoms with Crippen LogP contribution in [-0.4, -0.2) is 64.2 Å². The maximum atomic E-state index is 13.3. The van der Waals surface area contributed by atoms with Gasteiger partial charge in [-0.25, -0.2) is 0 Å². The highest BCUT2D eigenvalue weighted by Gasteiger charge is 2.29. The first-order valence-electron chi connectivity index (χ1n) is 12.1. The number of hydrogen-bond acceptors (Lipinski definition) is 6. The number of rotatable bonds is 5. The van der Waals surface area contributed by atoms with Crippen LogP contribution >= 0.6 is 11.8 Å². The average molecular weight is 516 g/mol. The topological polar surface area (TPSA) is 62.3 Å². The number of piperazine rings is 1. The van der Waals surface area contributed by atoms with Gasteiger partial charge in [-0.05, 0) is 66.2 Å². The summed E-state index contributed by atoms with van der Waals surface area (Å²) >= 11 is 1.42. The van der Waals surface area contributed by atoms with Gasteiger partial charge < -0.3 is 24.2 Å². The number of ether oxygens (including phenoxy) is 2. The van der Waals surface area contributed by atoms with Crippen LogP contribution in [0.4, 0.5) is 11.4 Å². The number of anilines is 2. The summed E-state index contributed by atoms with van der Waals surface area (Å²) in [5.74, 6) is 1.46. The smallest absolute Gasteiger partial charge is 0.264 e. The summed E-state index contributed by atoms with van der Waals surface area (Å²) in [4.78, 5) is 33.8. The summed E-state index contributed by atoms with van der Waals surface area (Å²) in [6, 6.07) is 21.2. The quantitative estimate of drug-likeness (QED) is 0.456. The number of carbonyl (C=O) groups is 2. The Labute approximate surface area is 221 Å². The van der Waals surface area contributed by atoms with E-state index in [2.05, 4.69) is 4.90 Å². The fraction of sp³-hybridized carbons (Fsp3) is 0.241. The van der Waals surface area contributed by atoms with Crippen molar-refractivity contribution in [2.45, 2.75) is 4.90 Å². The van der Waals surface area contributed by atoms with Crippen LogP contribution in [0.5, 0.6) is 11.5 Å². The third-order valence-corrected chi connectivity index (χ3v) is 7.78. The number of likely N-dealkylation sites (N-methyl/N-ethyl adjacent to an activating group) is 1. The van der Waals surface area contributed by atoms with Crippen LogP contribution in [0.15, 0.2) is 76.5 Å². The molecule has 0 N–H and O–H groups in total. The molecule has 8 heteroatoms. The number of methoxy groups -OCH3 is 2. The average Bonchev–Trinajstić information content (AvgIpc) is 2.95. The molecule has 0 unspecified atom stereocenters. The Morgan fingerprint density at radius 1 is 0.892 bits per heavy atom. The van der Waals surface area contributed by atoms with E-state index >= 15 is 0 Å². The lowest BCUT2D eigenvalue weighted by atomic mass is 10.1. The van der Waals surface area contributed by atoms with Gasteiger partial charge >= 0.3 is 0 Å². The van der Waals surface area contributed by atoms with E-state index in [1.807, 2.05) is 77.7 Å². The Kier molecular flexibility index (Phi) is 7.10. The molecule has 190 valence electrons. The van der Waals surface area contributed by atoms with E-state index in [0.717, 1.165) is 46.4 Å². The van der Waals surface area contributed by atoms with Crippen LogP contribution in [0.3, 0.4) is 0 Å². The number of hydrogen-bond donors (Lipinski definition) is 0. The predicted octanol–water partition coefficient (Wildman–Crippen LogP) is 4.78. The van der Waals surface area contributed by atoms with Gasteiger partial charge in [0, 0.05) is 49.4 Å². The van der Waals surface area contributed by atoms with E-state index in [-0.39, 0.29) is 11.8 Å². The summed E-state index contributed by atoms with van der Waals surface area (Å²) in [5, 5.41) is 0. The minimum atomic E-state index is -0.0991. The van der Waals surface area contributed by atoms with Crippen molar-refractivity contribution in [2.75, 3.05) is 57.2 Å². The lowest BCUT2D eigenvalue weighted by molar-refractivity contribution is -0.114. The Morgan fingerprint density at radius 3 is 2.32 bits per heavy atom. The molecule has 0 atom stereocenters. The normalized spacial score (nSPS) is 16.6. The molecule has 3 aromatic rings. The second-order valence-corrected chi connectivity index (χ2v) is 9.99. The third-order valence-electron chi connectivity index (χ3n) is 6.70. The highest BCUT2D eigenvalue weighted by molar-refractivity contribution is 8.04. The molecule has 2 amide bonds. The third kappa shape index (κ3) is 5.15. The van der Waals surface area contributed by atoms with Crippen molar-refractivity contribution in [1.82, 2.24) is 4.90 Å². The molecule has 0 saturated carbocycles. The van der Waals surface area contributed by atoms with Gasteiger partial charge in [-0.3, -0.25) is 9.59 Å². The van der Waals surface area contributed by atoms with Crippen LogP contribution in [-0.2, 0) is 4.79 Å². The fourth-order valence-corrected chi connectivity index (χ4v) is 5.65. The van der Waals surface area contributed by atoms with E-state index < -0.39 is 0 Å². The summed E-state index contributed by atoms with van der Waals surface area (Å²) < 4.78 is 10.5. The van der Waals surface area contributed by atoms with Gasteiger partial charge in [0.25, 0.3) is 11.8 Å². The first-order valence-corrected chi connectivity index (χ1v) is 12.9. The number of fused-ring (bicyclic) bond motifs is 1. The van der Waals surface area contributed by atoms with Crippen molar-refractivity contribution in [3.63, 3.8) is 0 Å². The first kappa shape index (κ1) is 24.8. The highest BCUT2D eigenvalue weighted by atomic mass is 32.2. The zero-order valence-corrected chi connectivity index (χ0v) is 22.0. The maximum Gasteiger partial charge on any atom is 0.264 e. The first-order chi connectivity index (χ1) is 18.0. The van der Waals surface area contributed by atoms with Gasteiger partial charge in [0.2, 0.25) is 0 Å². The Hall–Kier alpha value is -3.91. The number of amides is 2.